The molecule has 0 spiro atoms. The SMILES string of the molecule is COc1ccccc1CNc1cc(C(N)=O)ccc1F. The number of rotatable bonds is 5. The van der Waals surface area contributed by atoms with Crippen molar-refractivity contribution < 1.29 is 13.9 Å². The molecule has 0 aromatic heterocycles. The van der Waals surface area contributed by atoms with E-state index in [-0.39, 0.29) is 11.3 Å². The summed E-state index contributed by atoms with van der Waals surface area (Å²) >= 11 is 0. The van der Waals surface area contributed by atoms with Gasteiger partial charge in [-0.2, -0.15) is 0 Å². The Hall–Kier alpha value is -2.56. The Kier molecular flexibility index (Phi) is 4.20. The minimum absolute atomic E-state index is 0.229. The molecule has 0 fully saturated rings. The maximum atomic E-state index is 13.7. The molecule has 0 unspecified atom stereocenters. The molecule has 2 rings (SSSR count). The Morgan fingerprint density at radius 3 is 2.75 bits per heavy atom. The summed E-state index contributed by atoms with van der Waals surface area (Å²) in [6.07, 6.45) is 0. The van der Waals surface area contributed by atoms with Crippen LogP contribution in [-0.4, -0.2) is 13.0 Å². The highest BCUT2D eigenvalue weighted by Gasteiger charge is 2.08. The van der Waals surface area contributed by atoms with Crippen LogP contribution >= 0.6 is 0 Å². The van der Waals surface area contributed by atoms with Crippen molar-refractivity contribution in [3.63, 3.8) is 0 Å². The third-order valence-electron chi connectivity index (χ3n) is 2.91. The molecule has 0 atom stereocenters. The van der Waals surface area contributed by atoms with Crippen LogP contribution in [0.2, 0.25) is 0 Å². The van der Waals surface area contributed by atoms with Crippen LogP contribution in [0.25, 0.3) is 0 Å². The lowest BCUT2D eigenvalue weighted by atomic mass is 10.1. The zero-order valence-electron chi connectivity index (χ0n) is 11.0. The van der Waals surface area contributed by atoms with Crippen LogP contribution in [0.3, 0.4) is 0 Å². The molecule has 1 amide bonds. The number of ether oxygens (including phenoxy) is 1. The molecule has 20 heavy (non-hydrogen) atoms. The van der Waals surface area contributed by atoms with Crippen LogP contribution in [0.5, 0.6) is 5.75 Å². The van der Waals surface area contributed by atoms with Crippen LogP contribution in [0.4, 0.5) is 10.1 Å². The van der Waals surface area contributed by atoms with E-state index in [1.54, 1.807) is 7.11 Å². The van der Waals surface area contributed by atoms with E-state index in [9.17, 15) is 9.18 Å². The van der Waals surface area contributed by atoms with Gasteiger partial charge in [0.2, 0.25) is 5.91 Å². The van der Waals surface area contributed by atoms with Gasteiger partial charge in [-0.25, -0.2) is 4.39 Å². The Morgan fingerprint density at radius 2 is 2.05 bits per heavy atom. The van der Waals surface area contributed by atoms with E-state index >= 15 is 0 Å². The molecule has 0 aliphatic carbocycles. The molecule has 4 nitrogen and oxygen atoms in total. The van der Waals surface area contributed by atoms with Crippen molar-refractivity contribution in [3.8, 4) is 5.75 Å². The third-order valence-corrected chi connectivity index (χ3v) is 2.91. The third kappa shape index (κ3) is 3.06. The summed E-state index contributed by atoms with van der Waals surface area (Å²) in [6.45, 7) is 0.378. The molecular formula is C15H15FN2O2. The normalized spacial score (nSPS) is 10.1. The highest BCUT2D eigenvalue weighted by atomic mass is 19.1. The number of methoxy groups -OCH3 is 1. The van der Waals surface area contributed by atoms with Gasteiger partial charge in [-0.15, -0.1) is 0 Å². The highest BCUT2D eigenvalue weighted by Crippen LogP contribution is 2.21. The van der Waals surface area contributed by atoms with Crippen LogP contribution < -0.4 is 15.8 Å². The van der Waals surface area contributed by atoms with Crippen molar-refractivity contribution in [3.05, 3.63) is 59.4 Å². The van der Waals surface area contributed by atoms with Gasteiger partial charge in [-0.3, -0.25) is 4.79 Å². The zero-order chi connectivity index (χ0) is 14.5. The number of para-hydroxylation sites is 1. The smallest absolute Gasteiger partial charge is 0.248 e. The number of hydrogen-bond acceptors (Lipinski definition) is 3. The largest absolute Gasteiger partial charge is 0.496 e. The van der Waals surface area contributed by atoms with Gasteiger partial charge in [0.1, 0.15) is 11.6 Å². The van der Waals surface area contributed by atoms with Crippen molar-refractivity contribution in [1.82, 2.24) is 0 Å². The minimum Gasteiger partial charge on any atom is -0.496 e. The molecule has 0 aliphatic rings. The first-order valence-electron chi connectivity index (χ1n) is 6.07. The van der Waals surface area contributed by atoms with Crippen molar-refractivity contribution in [2.45, 2.75) is 6.54 Å². The van der Waals surface area contributed by atoms with Gasteiger partial charge in [0.25, 0.3) is 0 Å². The summed E-state index contributed by atoms with van der Waals surface area (Å²) in [4.78, 5) is 11.1. The van der Waals surface area contributed by atoms with Crippen molar-refractivity contribution in [1.29, 1.82) is 0 Å². The summed E-state index contributed by atoms with van der Waals surface area (Å²) in [5.41, 5.74) is 6.55. The van der Waals surface area contributed by atoms with Crippen LogP contribution in [0.1, 0.15) is 15.9 Å². The summed E-state index contributed by atoms with van der Waals surface area (Å²) in [5, 5.41) is 2.94. The van der Waals surface area contributed by atoms with E-state index in [0.717, 1.165) is 5.56 Å². The predicted octanol–water partition coefficient (Wildman–Crippen LogP) is 2.55. The summed E-state index contributed by atoms with van der Waals surface area (Å²) in [7, 11) is 1.58. The number of halogens is 1. The van der Waals surface area contributed by atoms with E-state index in [1.807, 2.05) is 24.3 Å². The van der Waals surface area contributed by atoms with E-state index < -0.39 is 11.7 Å². The fourth-order valence-electron chi connectivity index (χ4n) is 1.85. The van der Waals surface area contributed by atoms with Crippen LogP contribution in [0, 0.1) is 5.82 Å². The van der Waals surface area contributed by atoms with Gasteiger partial charge in [0.05, 0.1) is 12.8 Å². The molecular weight excluding hydrogens is 259 g/mol. The molecule has 0 saturated heterocycles. The van der Waals surface area contributed by atoms with Crippen molar-refractivity contribution >= 4 is 11.6 Å². The molecule has 2 aromatic rings. The van der Waals surface area contributed by atoms with Gasteiger partial charge in [0, 0.05) is 17.7 Å². The van der Waals surface area contributed by atoms with Gasteiger partial charge in [-0.1, -0.05) is 18.2 Å². The molecule has 3 N–H and O–H groups in total. The Balaban J connectivity index is 2.18. The van der Waals surface area contributed by atoms with Crippen molar-refractivity contribution in [2.24, 2.45) is 5.73 Å². The monoisotopic (exact) mass is 274 g/mol. The first-order valence-corrected chi connectivity index (χ1v) is 6.07. The van der Waals surface area contributed by atoms with Crippen LogP contribution in [-0.2, 0) is 6.54 Å². The van der Waals surface area contributed by atoms with Crippen molar-refractivity contribution in [2.75, 3.05) is 12.4 Å². The second-order valence-electron chi connectivity index (χ2n) is 4.22. The average molecular weight is 274 g/mol. The molecule has 0 aliphatic heterocycles. The second-order valence-corrected chi connectivity index (χ2v) is 4.22. The number of anilines is 1. The van der Waals surface area contributed by atoms with E-state index in [4.69, 9.17) is 10.5 Å². The highest BCUT2D eigenvalue weighted by molar-refractivity contribution is 5.93. The molecule has 104 valence electrons. The van der Waals surface area contributed by atoms with E-state index in [0.29, 0.717) is 12.3 Å². The standard InChI is InChI=1S/C15H15FN2O2/c1-20-14-5-3-2-4-11(14)9-18-13-8-10(15(17)19)6-7-12(13)16/h2-8,18H,9H2,1H3,(H2,17,19). The maximum absolute atomic E-state index is 13.7. The maximum Gasteiger partial charge on any atom is 0.248 e. The Bertz CT molecular complexity index is 629. The average Bonchev–Trinajstić information content (AvgIpc) is 2.46. The van der Waals surface area contributed by atoms with E-state index in [2.05, 4.69) is 5.32 Å². The lowest BCUT2D eigenvalue weighted by molar-refractivity contribution is 0.100. The molecule has 0 saturated carbocycles. The Morgan fingerprint density at radius 1 is 1.30 bits per heavy atom. The number of benzene rings is 2. The Labute approximate surface area is 116 Å². The predicted molar refractivity (Wildman–Crippen MR) is 75.2 cm³/mol. The first-order chi connectivity index (χ1) is 9.61. The zero-order valence-corrected chi connectivity index (χ0v) is 11.0. The molecule has 0 radical (unpaired) electrons. The van der Waals surface area contributed by atoms with Gasteiger partial charge in [-0.05, 0) is 24.3 Å². The number of primary amides is 1. The molecule has 0 heterocycles. The molecule has 2 aromatic carbocycles. The number of nitrogens with two attached hydrogens (primary N) is 1. The van der Waals surface area contributed by atoms with Gasteiger partial charge in [0.15, 0.2) is 0 Å². The number of carbonyl (C=O) groups excluding carboxylic acids is 1. The van der Waals surface area contributed by atoms with Gasteiger partial charge < -0.3 is 15.8 Å². The fraction of sp³-hybridized carbons (Fsp3) is 0.133. The van der Waals surface area contributed by atoms with Gasteiger partial charge >= 0.3 is 0 Å². The minimum atomic E-state index is -0.592. The lowest BCUT2D eigenvalue weighted by Crippen LogP contribution is -2.12. The summed E-state index contributed by atoms with van der Waals surface area (Å²) in [6, 6.07) is 11.4. The van der Waals surface area contributed by atoms with E-state index in [1.165, 1.54) is 18.2 Å². The number of nitrogens with one attached hydrogen (secondary N) is 1. The number of hydrogen-bond donors (Lipinski definition) is 2. The lowest BCUT2D eigenvalue weighted by Gasteiger charge is -2.11. The topological polar surface area (TPSA) is 64.3 Å². The first kappa shape index (κ1) is 13.9. The van der Waals surface area contributed by atoms with Crippen LogP contribution in [0.15, 0.2) is 42.5 Å². The quantitative estimate of drug-likeness (QED) is 0.880. The molecule has 5 heteroatoms. The number of amides is 1. The summed E-state index contributed by atoms with van der Waals surface area (Å²) in [5.74, 6) is -0.318. The fourth-order valence-corrected chi connectivity index (χ4v) is 1.85. The second kappa shape index (κ2) is 6.06. The number of carbonyl (C=O) groups is 1. The molecule has 0 bridgehead atoms. The summed E-state index contributed by atoms with van der Waals surface area (Å²) < 4.78 is 18.9.